The van der Waals surface area contributed by atoms with Crippen molar-refractivity contribution in [2.45, 2.75) is 12.5 Å². The normalized spacial score (nSPS) is 12.0. The van der Waals surface area contributed by atoms with Crippen molar-refractivity contribution < 1.29 is 23.8 Å². The van der Waals surface area contributed by atoms with Gasteiger partial charge in [0.05, 0.1) is 6.04 Å². The van der Waals surface area contributed by atoms with Crippen LogP contribution < -0.4 is 5.73 Å². The van der Waals surface area contributed by atoms with Gasteiger partial charge in [0.25, 0.3) is 6.43 Å². The highest BCUT2D eigenvalue weighted by Gasteiger charge is 2.20. The predicted molar refractivity (Wildman–Crippen MR) is 55.2 cm³/mol. The number of benzene rings is 1. The maximum Gasteiger partial charge on any atom is 0.339 e. The molecule has 7 heteroatoms. The van der Waals surface area contributed by atoms with Gasteiger partial charge in [0.2, 0.25) is 0 Å². The SMILES string of the molecule is Cl.N[C@@H](c1ccc(O)c(C(=O)O)c1)C(F)F. The van der Waals surface area contributed by atoms with Crippen LogP contribution in [0.25, 0.3) is 0 Å². The molecule has 0 saturated carbocycles. The topological polar surface area (TPSA) is 83.5 Å². The smallest absolute Gasteiger partial charge is 0.339 e. The molecule has 0 aliphatic rings. The summed E-state index contributed by atoms with van der Waals surface area (Å²) in [7, 11) is 0. The second kappa shape index (κ2) is 5.62. The first-order valence-corrected chi connectivity index (χ1v) is 4.03. The molecule has 0 unspecified atom stereocenters. The maximum absolute atomic E-state index is 12.2. The van der Waals surface area contributed by atoms with Gasteiger partial charge in [0.15, 0.2) is 0 Å². The van der Waals surface area contributed by atoms with Crippen LogP contribution in [0.15, 0.2) is 18.2 Å². The number of alkyl halides is 2. The highest BCUT2D eigenvalue weighted by Crippen LogP contribution is 2.24. The van der Waals surface area contributed by atoms with Crippen molar-refractivity contribution in [1.29, 1.82) is 0 Å². The molecule has 0 aliphatic heterocycles. The number of rotatable bonds is 3. The van der Waals surface area contributed by atoms with Gasteiger partial charge in [-0.1, -0.05) is 6.07 Å². The number of halogens is 3. The molecular formula is C9H10ClF2NO3. The standard InChI is InChI=1S/C9H9F2NO3.ClH/c10-8(11)7(12)4-1-2-6(13)5(3-4)9(14)15;/h1-3,7-8,13H,12H2,(H,14,15);1H/t7-;/m0./s1. The first-order chi connectivity index (χ1) is 6.93. The number of carbonyl (C=O) groups is 1. The van der Waals surface area contributed by atoms with Gasteiger partial charge in [-0.15, -0.1) is 12.4 Å². The lowest BCUT2D eigenvalue weighted by molar-refractivity contribution is 0.0692. The minimum Gasteiger partial charge on any atom is -0.507 e. The van der Waals surface area contributed by atoms with Crippen molar-refractivity contribution in [3.05, 3.63) is 29.3 Å². The Hall–Kier alpha value is -1.40. The van der Waals surface area contributed by atoms with E-state index in [-0.39, 0.29) is 18.0 Å². The molecule has 0 amide bonds. The molecule has 90 valence electrons. The third-order valence-corrected chi connectivity index (χ3v) is 1.91. The van der Waals surface area contributed by atoms with E-state index in [0.717, 1.165) is 12.1 Å². The number of aromatic hydroxyl groups is 1. The Labute approximate surface area is 96.1 Å². The van der Waals surface area contributed by atoms with Gasteiger partial charge in [0, 0.05) is 0 Å². The molecular weight excluding hydrogens is 244 g/mol. The second-order valence-corrected chi connectivity index (χ2v) is 2.94. The fourth-order valence-corrected chi connectivity index (χ4v) is 1.08. The number of carboxylic acids is 1. The van der Waals surface area contributed by atoms with Crippen LogP contribution >= 0.6 is 12.4 Å². The predicted octanol–water partition coefficient (Wildman–Crippen LogP) is 1.78. The molecule has 0 heterocycles. The first kappa shape index (κ1) is 14.6. The molecule has 16 heavy (non-hydrogen) atoms. The van der Waals surface area contributed by atoms with Crippen molar-refractivity contribution in [3.8, 4) is 5.75 Å². The van der Waals surface area contributed by atoms with E-state index in [4.69, 9.17) is 15.9 Å². The number of aromatic carboxylic acids is 1. The number of phenols is 1. The Morgan fingerprint density at radius 2 is 1.94 bits per heavy atom. The van der Waals surface area contributed by atoms with Gasteiger partial charge in [0.1, 0.15) is 11.3 Å². The quantitative estimate of drug-likeness (QED) is 0.767. The molecule has 0 aliphatic carbocycles. The summed E-state index contributed by atoms with van der Waals surface area (Å²) in [6, 6.07) is 1.58. The Kier molecular flexibility index (Phi) is 5.13. The summed E-state index contributed by atoms with van der Waals surface area (Å²) in [4.78, 5) is 10.6. The van der Waals surface area contributed by atoms with E-state index in [1.54, 1.807) is 0 Å². The summed E-state index contributed by atoms with van der Waals surface area (Å²) in [5.41, 5.74) is 4.66. The molecule has 0 bridgehead atoms. The number of nitrogens with two attached hydrogens (primary N) is 1. The zero-order chi connectivity index (χ0) is 11.6. The van der Waals surface area contributed by atoms with E-state index in [0.29, 0.717) is 0 Å². The van der Waals surface area contributed by atoms with Crippen molar-refractivity contribution >= 4 is 18.4 Å². The summed E-state index contributed by atoms with van der Waals surface area (Å²) in [6.07, 6.45) is -2.78. The summed E-state index contributed by atoms with van der Waals surface area (Å²) in [5.74, 6) is -1.87. The van der Waals surface area contributed by atoms with Gasteiger partial charge >= 0.3 is 5.97 Å². The zero-order valence-electron chi connectivity index (χ0n) is 7.93. The minimum atomic E-state index is -2.78. The summed E-state index contributed by atoms with van der Waals surface area (Å²) < 4.78 is 24.4. The minimum absolute atomic E-state index is 0. The van der Waals surface area contributed by atoms with Gasteiger partial charge < -0.3 is 15.9 Å². The summed E-state index contributed by atoms with van der Waals surface area (Å²) in [5, 5.41) is 17.7. The largest absolute Gasteiger partial charge is 0.507 e. The summed E-state index contributed by atoms with van der Waals surface area (Å²) in [6.45, 7) is 0. The zero-order valence-corrected chi connectivity index (χ0v) is 8.75. The lowest BCUT2D eigenvalue weighted by Gasteiger charge is -2.11. The van der Waals surface area contributed by atoms with E-state index in [9.17, 15) is 13.6 Å². The average molecular weight is 254 g/mol. The molecule has 1 aromatic rings. The van der Waals surface area contributed by atoms with Crippen LogP contribution in [0.3, 0.4) is 0 Å². The van der Waals surface area contributed by atoms with Crippen molar-refractivity contribution in [1.82, 2.24) is 0 Å². The highest BCUT2D eigenvalue weighted by molar-refractivity contribution is 5.90. The van der Waals surface area contributed by atoms with E-state index in [1.165, 1.54) is 6.07 Å². The van der Waals surface area contributed by atoms with E-state index in [1.807, 2.05) is 0 Å². The number of hydrogen-bond acceptors (Lipinski definition) is 3. The second-order valence-electron chi connectivity index (χ2n) is 2.94. The first-order valence-electron chi connectivity index (χ1n) is 4.03. The molecule has 0 spiro atoms. The molecule has 1 aromatic carbocycles. The molecule has 0 radical (unpaired) electrons. The number of hydrogen-bond donors (Lipinski definition) is 3. The van der Waals surface area contributed by atoms with Crippen molar-refractivity contribution in [2.75, 3.05) is 0 Å². The molecule has 0 aromatic heterocycles. The van der Waals surface area contributed by atoms with Crippen LogP contribution in [0, 0.1) is 0 Å². The number of carboxylic acid groups (broad SMARTS) is 1. The van der Waals surface area contributed by atoms with Crippen molar-refractivity contribution in [2.24, 2.45) is 5.73 Å². The van der Waals surface area contributed by atoms with Gasteiger partial charge in [-0.25, -0.2) is 13.6 Å². The van der Waals surface area contributed by atoms with E-state index >= 15 is 0 Å². The highest BCUT2D eigenvalue weighted by atomic mass is 35.5. The molecule has 4 N–H and O–H groups in total. The maximum atomic E-state index is 12.2. The van der Waals surface area contributed by atoms with Crippen LogP contribution in [0.1, 0.15) is 22.0 Å². The van der Waals surface area contributed by atoms with Crippen molar-refractivity contribution in [3.63, 3.8) is 0 Å². The van der Waals surface area contributed by atoms with Gasteiger partial charge in [-0.2, -0.15) is 0 Å². The lowest BCUT2D eigenvalue weighted by atomic mass is 10.0. The molecule has 1 rings (SSSR count). The molecule has 1 atom stereocenters. The monoisotopic (exact) mass is 253 g/mol. The van der Waals surface area contributed by atoms with Gasteiger partial charge in [-0.3, -0.25) is 0 Å². The van der Waals surface area contributed by atoms with E-state index in [2.05, 4.69) is 0 Å². The van der Waals surface area contributed by atoms with Crippen LogP contribution in [-0.4, -0.2) is 22.6 Å². The Morgan fingerprint density at radius 3 is 2.38 bits per heavy atom. The summed E-state index contributed by atoms with van der Waals surface area (Å²) >= 11 is 0. The van der Waals surface area contributed by atoms with Crippen LogP contribution in [0.4, 0.5) is 8.78 Å². The van der Waals surface area contributed by atoms with Crippen LogP contribution in [0.5, 0.6) is 5.75 Å². The fourth-order valence-electron chi connectivity index (χ4n) is 1.08. The third kappa shape index (κ3) is 3.04. The van der Waals surface area contributed by atoms with E-state index < -0.39 is 29.7 Å². The third-order valence-electron chi connectivity index (χ3n) is 1.91. The Balaban J connectivity index is 0.00000225. The van der Waals surface area contributed by atoms with Crippen LogP contribution in [0.2, 0.25) is 0 Å². The Morgan fingerprint density at radius 1 is 1.38 bits per heavy atom. The molecule has 0 fully saturated rings. The molecule has 0 saturated heterocycles. The van der Waals surface area contributed by atoms with Crippen LogP contribution in [-0.2, 0) is 0 Å². The Bertz CT molecular complexity index is 387. The average Bonchev–Trinajstić information content (AvgIpc) is 2.16. The lowest BCUT2D eigenvalue weighted by Crippen LogP contribution is -2.19. The van der Waals surface area contributed by atoms with Gasteiger partial charge in [-0.05, 0) is 17.7 Å². The fraction of sp³-hybridized carbons (Fsp3) is 0.222. The molecule has 4 nitrogen and oxygen atoms in total.